The molecular formula is C27H25FN4O3S2. The molecule has 2 heterocycles. The predicted octanol–water partition coefficient (Wildman–Crippen LogP) is 5.43. The zero-order valence-electron chi connectivity index (χ0n) is 20.3. The normalized spacial score (nSPS) is 13.3. The number of hydrogen-bond donors (Lipinski definition) is 2. The molecule has 3 aromatic rings. The molecule has 37 heavy (non-hydrogen) atoms. The first-order valence-electron chi connectivity index (χ1n) is 11.7. The van der Waals surface area contributed by atoms with Crippen LogP contribution in [0.3, 0.4) is 0 Å². The highest BCUT2D eigenvalue weighted by atomic mass is 32.2. The van der Waals surface area contributed by atoms with Crippen LogP contribution in [0.5, 0.6) is 0 Å². The van der Waals surface area contributed by atoms with Gasteiger partial charge in [-0.25, -0.2) is 4.39 Å². The van der Waals surface area contributed by atoms with Gasteiger partial charge in [0, 0.05) is 28.9 Å². The molecule has 3 amide bonds. The van der Waals surface area contributed by atoms with Crippen molar-refractivity contribution >= 4 is 51.5 Å². The van der Waals surface area contributed by atoms with Gasteiger partial charge in [-0.2, -0.15) is 5.26 Å². The van der Waals surface area contributed by atoms with Gasteiger partial charge in [0.25, 0.3) is 5.91 Å². The average molecular weight is 537 g/mol. The third-order valence-corrected chi connectivity index (χ3v) is 8.49. The molecule has 1 aliphatic heterocycles. The number of nitrogens with zero attached hydrogens (tertiary/aromatic N) is 2. The van der Waals surface area contributed by atoms with Crippen LogP contribution in [-0.2, 0) is 22.6 Å². The number of halogens is 1. The van der Waals surface area contributed by atoms with Crippen LogP contribution in [0.4, 0.5) is 15.1 Å². The lowest BCUT2D eigenvalue weighted by atomic mass is 10.0. The summed E-state index contributed by atoms with van der Waals surface area (Å²) < 4.78 is 13.9. The zero-order valence-corrected chi connectivity index (χ0v) is 22.0. The molecule has 0 saturated carbocycles. The first-order valence-corrected chi connectivity index (χ1v) is 13.4. The number of benzene rings is 2. The fourth-order valence-corrected chi connectivity index (χ4v) is 6.28. The van der Waals surface area contributed by atoms with Gasteiger partial charge in [0.2, 0.25) is 11.8 Å². The number of thiophene rings is 1. The molecule has 0 radical (unpaired) electrons. The molecule has 2 aromatic carbocycles. The Balaban J connectivity index is 1.45. The summed E-state index contributed by atoms with van der Waals surface area (Å²) in [5.41, 5.74) is 1.81. The average Bonchev–Trinajstić information content (AvgIpc) is 3.23. The summed E-state index contributed by atoms with van der Waals surface area (Å²) in [7, 11) is 0. The molecule has 1 atom stereocenters. The summed E-state index contributed by atoms with van der Waals surface area (Å²) in [6.45, 7) is 4.42. The Labute approximate surface area is 222 Å². The molecule has 1 aromatic heterocycles. The van der Waals surface area contributed by atoms with E-state index in [9.17, 15) is 24.0 Å². The summed E-state index contributed by atoms with van der Waals surface area (Å²) in [6.07, 6.45) is 1.12. The van der Waals surface area contributed by atoms with Gasteiger partial charge < -0.3 is 15.5 Å². The van der Waals surface area contributed by atoms with Crippen LogP contribution in [0, 0.1) is 17.1 Å². The molecular weight excluding hydrogens is 511 g/mol. The van der Waals surface area contributed by atoms with E-state index in [0.717, 1.165) is 15.3 Å². The van der Waals surface area contributed by atoms with Crippen LogP contribution in [0.2, 0.25) is 0 Å². The van der Waals surface area contributed by atoms with E-state index in [1.165, 1.54) is 48.2 Å². The number of fused-ring (bicyclic) bond motifs is 1. The monoisotopic (exact) mass is 536 g/mol. The maximum absolute atomic E-state index is 13.9. The predicted molar refractivity (Wildman–Crippen MR) is 143 cm³/mol. The minimum atomic E-state index is -0.603. The lowest BCUT2D eigenvalue weighted by Crippen LogP contribution is -2.33. The van der Waals surface area contributed by atoms with Gasteiger partial charge in [-0.1, -0.05) is 25.1 Å². The van der Waals surface area contributed by atoms with Crippen molar-refractivity contribution in [3.63, 3.8) is 0 Å². The van der Waals surface area contributed by atoms with Crippen molar-refractivity contribution in [2.45, 2.75) is 43.4 Å². The minimum absolute atomic E-state index is 0.0158. The highest BCUT2D eigenvalue weighted by molar-refractivity contribution is 8.00. The summed E-state index contributed by atoms with van der Waals surface area (Å²) in [5.74, 6) is -1.40. The van der Waals surface area contributed by atoms with Gasteiger partial charge in [-0.15, -0.1) is 23.1 Å². The van der Waals surface area contributed by atoms with E-state index in [2.05, 4.69) is 16.7 Å². The lowest BCUT2D eigenvalue weighted by Gasteiger charge is -2.25. The van der Waals surface area contributed by atoms with Crippen LogP contribution in [0.25, 0.3) is 0 Å². The van der Waals surface area contributed by atoms with Crippen LogP contribution in [0.1, 0.15) is 46.6 Å². The molecule has 4 rings (SSSR count). The largest absolute Gasteiger partial charge is 0.337 e. The second kappa shape index (κ2) is 11.6. The number of carbonyl (C=O) groups is 3. The molecule has 0 saturated heterocycles. The SMILES string of the molecule is CCC(Sc1cccc(NC(=O)c2ccccc2F)c1)C(=O)Nc1sc2c(c1C#N)CCN(C(C)=O)C2. The van der Waals surface area contributed by atoms with E-state index in [4.69, 9.17) is 0 Å². The van der Waals surface area contributed by atoms with Crippen molar-refractivity contribution in [3.05, 3.63) is 75.9 Å². The van der Waals surface area contributed by atoms with Crippen LogP contribution >= 0.6 is 23.1 Å². The molecule has 0 bridgehead atoms. The quantitative estimate of drug-likeness (QED) is 0.392. The van der Waals surface area contributed by atoms with Crippen molar-refractivity contribution in [1.82, 2.24) is 4.90 Å². The molecule has 10 heteroatoms. The Morgan fingerprint density at radius 1 is 1.19 bits per heavy atom. The smallest absolute Gasteiger partial charge is 0.258 e. The van der Waals surface area contributed by atoms with E-state index in [1.54, 1.807) is 29.2 Å². The molecule has 7 nitrogen and oxygen atoms in total. The zero-order chi connectivity index (χ0) is 26.5. The molecule has 0 spiro atoms. The summed E-state index contributed by atoms with van der Waals surface area (Å²) >= 11 is 2.68. The maximum Gasteiger partial charge on any atom is 0.258 e. The Morgan fingerprint density at radius 3 is 2.68 bits per heavy atom. The van der Waals surface area contributed by atoms with Gasteiger partial charge in [0.05, 0.1) is 22.9 Å². The second-order valence-electron chi connectivity index (χ2n) is 8.48. The first kappa shape index (κ1) is 26.4. The Hall–Kier alpha value is -3.68. The second-order valence-corrected chi connectivity index (χ2v) is 10.9. The van der Waals surface area contributed by atoms with Crippen molar-refractivity contribution in [2.75, 3.05) is 17.2 Å². The third-order valence-electron chi connectivity index (χ3n) is 6.00. The topological polar surface area (TPSA) is 102 Å². The number of amides is 3. The van der Waals surface area contributed by atoms with Crippen LogP contribution < -0.4 is 10.6 Å². The van der Waals surface area contributed by atoms with E-state index in [1.807, 2.05) is 13.0 Å². The standard InChI is InChI=1S/C27H25FN4O3S2/c1-3-23(26(35)31-27-21(14-29)19-11-12-32(16(2)33)15-24(19)37-27)36-18-8-6-7-17(13-18)30-25(34)20-9-4-5-10-22(20)28/h4-10,13,23H,3,11-12,15H2,1-2H3,(H,30,34)(H,31,35). The van der Waals surface area contributed by atoms with E-state index in [0.29, 0.717) is 42.2 Å². The number of nitriles is 1. The Morgan fingerprint density at radius 2 is 1.97 bits per heavy atom. The summed E-state index contributed by atoms with van der Waals surface area (Å²) in [5, 5.41) is 15.4. The Bertz CT molecular complexity index is 1400. The lowest BCUT2D eigenvalue weighted by molar-refractivity contribution is -0.129. The van der Waals surface area contributed by atoms with Crippen molar-refractivity contribution in [3.8, 4) is 6.07 Å². The molecule has 0 fully saturated rings. The van der Waals surface area contributed by atoms with Crippen molar-refractivity contribution in [1.29, 1.82) is 5.26 Å². The number of thioether (sulfide) groups is 1. The van der Waals surface area contributed by atoms with Crippen molar-refractivity contribution in [2.24, 2.45) is 0 Å². The van der Waals surface area contributed by atoms with Gasteiger partial charge in [-0.05, 0) is 48.7 Å². The number of hydrogen-bond acceptors (Lipinski definition) is 6. The van der Waals surface area contributed by atoms with E-state index < -0.39 is 17.0 Å². The molecule has 190 valence electrons. The van der Waals surface area contributed by atoms with Crippen LogP contribution in [0.15, 0.2) is 53.4 Å². The molecule has 2 N–H and O–H groups in total. The van der Waals surface area contributed by atoms with E-state index >= 15 is 0 Å². The van der Waals surface area contributed by atoms with Gasteiger partial charge in [0.15, 0.2) is 0 Å². The molecule has 1 unspecified atom stereocenters. The maximum atomic E-state index is 13.9. The first-order chi connectivity index (χ1) is 17.8. The number of carbonyl (C=O) groups excluding carboxylic acids is 3. The van der Waals surface area contributed by atoms with E-state index in [-0.39, 0.29) is 17.4 Å². The number of rotatable bonds is 7. The Kier molecular flexibility index (Phi) is 8.26. The van der Waals surface area contributed by atoms with Gasteiger partial charge in [0.1, 0.15) is 16.9 Å². The number of anilines is 2. The highest BCUT2D eigenvalue weighted by Gasteiger charge is 2.28. The van der Waals surface area contributed by atoms with Gasteiger partial charge >= 0.3 is 0 Å². The van der Waals surface area contributed by atoms with Crippen LogP contribution in [-0.4, -0.2) is 34.4 Å². The fourth-order valence-electron chi connectivity index (χ4n) is 4.05. The van der Waals surface area contributed by atoms with Crippen molar-refractivity contribution < 1.29 is 18.8 Å². The third kappa shape index (κ3) is 6.01. The fraction of sp³-hybridized carbons (Fsp3) is 0.259. The minimum Gasteiger partial charge on any atom is -0.337 e. The highest BCUT2D eigenvalue weighted by Crippen LogP contribution is 2.37. The summed E-state index contributed by atoms with van der Waals surface area (Å²) in [6, 6.07) is 15.0. The summed E-state index contributed by atoms with van der Waals surface area (Å²) in [4.78, 5) is 40.8. The molecule has 1 aliphatic rings. The van der Waals surface area contributed by atoms with Gasteiger partial charge in [-0.3, -0.25) is 14.4 Å². The molecule has 0 aliphatic carbocycles. The number of nitrogens with one attached hydrogen (secondary N) is 2.